The lowest BCUT2D eigenvalue weighted by Gasteiger charge is -2.14. The topological polar surface area (TPSA) is 39.7 Å². The number of nitrogens with one attached hydrogen (secondary N) is 1. The second-order valence-electron chi connectivity index (χ2n) is 4.17. The van der Waals surface area contributed by atoms with Crippen LogP contribution < -0.4 is 19.5 Å². The van der Waals surface area contributed by atoms with E-state index in [0.29, 0.717) is 11.8 Å². The van der Waals surface area contributed by atoms with Crippen molar-refractivity contribution in [1.82, 2.24) is 5.32 Å². The van der Waals surface area contributed by atoms with Gasteiger partial charge in [0.15, 0.2) is 11.5 Å². The largest absolute Gasteiger partial charge is 0.496 e. The second kappa shape index (κ2) is 6.71. The summed E-state index contributed by atoms with van der Waals surface area (Å²) >= 11 is 0. The van der Waals surface area contributed by atoms with E-state index in [1.54, 1.807) is 21.3 Å². The van der Waals surface area contributed by atoms with Gasteiger partial charge in [-0.2, -0.15) is 0 Å². The van der Waals surface area contributed by atoms with Crippen molar-refractivity contribution in [3.05, 3.63) is 17.7 Å². The highest BCUT2D eigenvalue weighted by molar-refractivity contribution is 5.85. The van der Waals surface area contributed by atoms with E-state index in [1.807, 2.05) is 12.1 Å². The quantitative estimate of drug-likeness (QED) is 0.864. The Morgan fingerprint density at radius 3 is 2.06 bits per heavy atom. The van der Waals surface area contributed by atoms with Gasteiger partial charge in [-0.3, -0.25) is 0 Å². The van der Waals surface area contributed by atoms with Gasteiger partial charge in [-0.1, -0.05) is 0 Å². The molecule has 0 aromatic heterocycles. The van der Waals surface area contributed by atoms with E-state index in [4.69, 9.17) is 14.2 Å². The van der Waals surface area contributed by atoms with Crippen LogP contribution in [0, 0.1) is 0 Å². The maximum Gasteiger partial charge on any atom is 0.164 e. The molecule has 5 heteroatoms. The minimum atomic E-state index is 0. The van der Waals surface area contributed by atoms with E-state index >= 15 is 0 Å². The van der Waals surface area contributed by atoms with Crippen LogP contribution in [0.4, 0.5) is 0 Å². The van der Waals surface area contributed by atoms with E-state index in [-0.39, 0.29) is 12.4 Å². The van der Waals surface area contributed by atoms with E-state index in [2.05, 4.69) is 5.32 Å². The van der Waals surface area contributed by atoms with Gasteiger partial charge in [-0.05, 0) is 18.9 Å². The molecule has 1 aromatic rings. The molecule has 0 unspecified atom stereocenters. The smallest absolute Gasteiger partial charge is 0.164 e. The summed E-state index contributed by atoms with van der Waals surface area (Å²) in [6, 6.07) is 4.50. The van der Waals surface area contributed by atoms with Gasteiger partial charge in [0.05, 0.1) is 21.3 Å². The molecule has 0 aliphatic heterocycles. The van der Waals surface area contributed by atoms with Gasteiger partial charge in [0.2, 0.25) is 0 Å². The fraction of sp³-hybridized carbons (Fsp3) is 0.538. The van der Waals surface area contributed by atoms with E-state index in [1.165, 1.54) is 12.8 Å². The van der Waals surface area contributed by atoms with Gasteiger partial charge in [-0.25, -0.2) is 0 Å². The monoisotopic (exact) mass is 273 g/mol. The number of benzene rings is 1. The Balaban J connectivity index is 0.00000162. The van der Waals surface area contributed by atoms with E-state index in [0.717, 1.165) is 23.6 Å². The zero-order valence-electron chi connectivity index (χ0n) is 11.0. The third-order valence-electron chi connectivity index (χ3n) is 2.95. The predicted molar refractivity (Wildman–Crippen MR) is 73.2 cm³/mol. The summed E-state index contributed by atoms with van der Waals surface area (Å²) in [7, 11) is 4.93. The van der Waals surface area contributed by atoms with Crippen LogP contribution in [-0.2, 0) is 6.54 Å². The maximum absolute atomic E-state index is 5.36. The first-order chi connectivity index (χ1) is 8.28. The van der Waals surface area contributed by atoms with Crippen LogP contribution in [0.15, 0.2) is 12.1 Å². The molecule has 1 fully saturated rings. The summed E-state index contributed by atoms with van der Waals surface area (Å²) in [5.74, 6) is 2.26. The molecule has 2 rings (SSSR count). The van der Waals surface area contributed by atoms with Crippen LogP contribution >= 0.6 is 12.4 Å². The molecule has 0 bridgehead atoms. The minimum Gasteiger partial charge on any atom is -0.496 e. The standard InChI is InChI=1S/C13H19NO3.ClH/c1-15-11-7-13(17-3)12(16-2)6-9(11)8-14-10-4-5-10;/h6-7,10,14H,4-5,8H2,1-3H3;1H. The molecule has 18 heavy (non-hydrogen) atoms. The normalized spacial score (nSPS) is 13.7. The van der Waals surface area contributed by atoms with Crippen molar-refractivity contribution in [2.75, 3.05) is 21.3 Å². The Hall–Kier alpha value is -1.13. The molecule has 0 amide bonds. The highest BCUT2D eigenvalue weighted by Crippen LogP contribution is 2.34. The Kier molecular flexibility index (Phi) is 5.56. The summed E-state index contributed by atoms with van der Waals surface area (Å²) in [5.41, 5.74) is 1.09. The number of halogens is 1. The van der Waals surface area contributed by atoms with Gasteiger partial charge in [0, 0.05) is 24.2 Å². The van der Waals surface area contributed by atoms with Crippen molar-refractivity contribution in [3.63, 3.8) is 0 Å². The van der Waals surface area contributed by atoms with Crippen molar-refractivity contribution < 1.29 is 14.2 Å². The molecule has 1 N–H and O–H groups in total. The van der Waals surface area contributed by atoms with Gasteiger partial charge in [0.1, 0.15) is 5.75 Å². The molecule has 1 aliphatic carbocycles. The second-order valence-corrected chi connectivity index (χ2v) is 4.17. The average molecular weight is 274 g/mol. The molecule has 0 heterocycles. The SMILES string of the molecule is COc1cc(OC)c(OC)cc1CNC1CC1.Cl. The Morgan fingerprint density at radius 1 is 1.00 bits per heavy atom. The maximum atomic E-state index is 5.36. The number of ether oxygens (including phenoxy) is 3. The highest BCUT2D eigenvalue weighted by Gasteiger charge is 2.21. The summed E-state index contributed by atoms with van der Waals surface area (Å²) in [5, 5.41) is 3.46. The van der Waals surface area contributed by atoms with Gasteiger partial charge in [0.25, 0.3) is 0 Å². The fourth-order valence-electron chi connectivity index (χ4n) is 1.77. The van der Waals surface area contributed by atoms with Gasteiger partial charge >= 0.3 is 0 Å². The molecule has 4 nitrogen and oxygen atoms in total. The molecule has 0 radical (unpaired) electrons. The van der Waals surface area contributed by atoms with Crippen molar-refractivity contribution in [2.45, 2.75) is 25.4 Å². The molecular formula is C13H20ClNO3. The highest BCUT2D eigenvalue weighted by atomic mass is 35.5. The first kappa shape index (κ1) is 14.9. The average Bonchev–Trinajstić information content (AvgIpc) is 3.19. The first-order valence-electron chi connectivity index (χ1n) is 5.80. The van der Waals surface area contributed by atoms with Crippen LogP contribution in [0.1, 0.15) is 18.4 Å². The Morgan fingerprint density at radius 2 is 1.56 bits per heavy atom. The van der Waals surface area contributed by atoms with Crippen molar-refractivity contribution in [3.8, 4) is 17.2 Å². The van der Waals surface area contributed by atoms with Crippen LogP contribution in [0.5, 0.6) is 17.2 Å². The lowest BCUT2D eigenvalue weighted by molar-refractivity contribution is 0.347. The third-order valence-corrected chi connectivity index (χ3v) is 2.95. The van der Waals surface area contributed by atoms with E-state index in [9.17, 15) is 0 Å². The van der Waals surface area contributed by atoms with Gasteiger partial charge in [-0.15, -0.1) is 12.4 Å². The molecule has 0 saturated heterocycles. The molecule has 0 spiro atoms. The summed E-state index contributed by atoms with van der Waals surface area (Å²) < 4.78 is 15.9. The first-order valence-corrected chi connectivity index (χ1v) is 5.80. The van der Waals surface area contributed by atoms with Crippen LogP contribution in [-0.4, -0.2) is 27.4 Å². The number of hydrogen-bond acceptors (Lipinski definition) is 4. The van der Waals surface area contributed by atoms with Crippen LogP contribution in [0.2, 0.25) is 0 Å². The summed E-state index contributed by atoms with van der Waals surface area (Å²) in [6.45, 7) is 0.800. The number of methoxy groups -OCH3 is 3. The molecule has 102 valence electrons. The summed E-state index contributed by atoms with van der Waals surface area (Å²) in [4.78, 5) is 0. The lowest BCUT2D eigenvalue weighted by atomic mass is 10.1. The minimum absolute atomic E-state index is 0. The molecule has 1 aliphatic rings. The number of rotatable bonds is 6. The van der Waals surface area contributed by atoms with Crippen molar-refractivity contribution in [1.29, 1.82) is 0 Å². The Bertz CT molecular complexity index is 394. The number of hydrogen-bond donors (Lipinski definition) is 1. The third kappa shape index (κ3) is 3.43. The predicted octanol–water partition coefficient (Wildman–Crippen LogP) is 2.39. The van der Waals surface area contributed by atoms with Crippen LogP contribution in [0.25, 0.3) is 0 Å². The van der Waals surface area contributed by atoms with Crippen LogP contribution in [0.3, 0.4) is 0 Å². The molecular weight excluding hydrogens is 254 g/mol. The zero-order chi connectivity index (χ0) is 12.3. The zero-order valence-corrected chi connectivity index (χ0v) is 11.8. The van der Waals surface area contributed by atoms with Gasteiger partial charge < -0.3 is 19.5 Å². The lowest BCUT2D eigenvalue weighted by Crippen LogP contribution is -2.16. The molecule has 1 aromatic carbocycles. The molecule has 0 atom stereocenters. The van der Waals surface area contributed by atoms with E-state index < -0.39 is 0 Å². The molecule has 1 saturated carbocycles. The fourth-order valence-corrected chi connectivity index (χ4v) is 1.77. The summed E-state index contributed by atoms with van der Waals surface area (Å²) in [6.07, 6.45) is 2.55. The van der Waals surface area contributed by atoms with Crippen molar-refractivity contribution in [2.24, 2.45) is 0 Å². The van der Waals surface area contributed by atoms with Crippen molar-refractivity contribution >= 4 is 12.4 Å². The Labute approximate surface area is 114 Å².